The summed E-state index contributed by atoms with van der Waals surface area (Å²) in [6.45, 7) is 0. The number of carbonyl (C=O) groups excluding carboxylic acids is 1. The van der Waals surface area contributed by atoms with Crippen molar-refractivity contribution in [3.05, 3.63) is 59.6 Å². The molecule has 0 saturated carbocycles. The number of hydrogen-bond acceptors (Lipinski definition) is 3. The van der Waals surface area contributed by atoms with Crippen LogP contribution in [0.4, 0.5) is 5.69 Å². The van der Waals surface area contributed by atoms with Crippen LogP contribution in [-0.4, -0.2) is 17.9 Å². The van der Waals surface area contributed by atoms with Gasteiger partial charge in [-0.2, -0.15) is 0 Å². The van der Waals surface area contributed by atoms with Gasteiger partial charge in [-0.1, -0.05) is 30.3 Å². The second-order valence-electron chi connectivity index (χ2n) is 4.19. The second-order valence-corrected chi connectivity index (χ2v) is 5.22. The molecule has 0 aliphatic heterocycles. The van der Waals surface area contributed by atoms with Crippen molar-refractivity contribution < 1.29 is 4.79 Å². The summed E-state index contributed by atoms with van der Waals surface area (Å²) in [5, 5.41) is 0.521. The third-order valence-corrected chi connectivity index (χ3v) is 3.95. The number of fused-ring (bicyclic) bond motifs is 1. The van der Waals surface area contributed by atoms with Crippen LogP contribution in [0, 0.1) is 0 Å². The molecule has 0 N–H and O–H groups in total. The maximum Gasteiger partial charge on any atom is 0.287 e. The summed E-state index contributed by atoms with van der Waals surface area (Å²) >= 11 is 1.43. The lowest BCUT2D eigenvalue weighted by Crippen LogP contribution is -2.25. The fraction of sp³-hybridized carbons (Fsp3) is 0.0667. The van der Waals surface area contributed by atoms with Crippen LogP contribution in [0.5, 0.6) is 0 Å². The van der Waals surface area contributed by atoms with Crippen molar-refractivity contribution >= 4 is 33.1 Å². The van der Waals surface area contributed by atoms with Crippen LogP contribution >= 0.6 is 11.3 Å². The molecule has 0 atom stereocenters. The topological polar surface area (TPSA) is 33.2 Å². The minimum Gasteiger partial charge on any atom is -0.309 e. The van der Waals surface area contributed by atoms with E-state index in [0.717, 1.165) is 15.9 Å². The third-order valence-electron chi connectivity index (χ3n) is 2.92. The lowest BCUT2D eigenvalue weighted by atomic mass is 10.3. The molecule has 2 aromatic carbocycles. The minimum atomic E-state index is -0.0765. The Labute approximate surface area is 115 Å². The average molecular weight is 268 g/mol. The standard InChI is InChI=1S/C15H12N2OS/c1-17(11-7-3-2-4-8-11)15(18)14-16-12-9-5-6-10-13(12)19-14/h2-10H,1H3. The summed E-state index contributed by atoms with van der Waals surface area (Å²) in [5.74, 6) is -0.0765. The molecule has 19 heavy (non-hydrogen) atoms. The lowest BCUT2D eigenvalue weighted by Gasteiger charge is -2.15. The minimum absolute atomic E-state index is 0.0765. The zero-order valence-electron chi connectivity index (χ0n) is 10.4. The number of aromatic nitrogens is 1. The largest absolute Gasteiger partial charge is 0.309 e. The highest BCUT2D eigenvalue weighted by Gasteiger charge is 2.17. The van der Waals surface area contributed by atoms with Gasteiger partial charge in [0.15, 0.2) is 5.01 Å². The first-order valence-corrected chi connectivity index (χ1v) is 6.76. The molecular formula is C15H12N2OS. The second kappa shape index (κ2) is 4.82. The van der Waals surface area contributed by atoms with Crippen molar-refractivity contribution in [1.29, 1.82) is 0 Å². The van der Waals surface area contributed by atoms with E-state index in [-0.39, 0.29) is 5.91 Å². The van der Waals surface area contributed by atoms with Gasteiger partial charge in [0.05, 0.1) is 10.2 Å². The zero-order valence-corrected chi connectivity index (χ0v) is 11.2. The van der Waals surface area contributed by atoms with Crippen molar-refractivity contribution in [2.24, 2.45) is 0 Å². The van der Waals surface area contributed by atoms with Crippen LogP contribution in [0.3, 0.4) is 0 Å². The van der Waals surface area contributed by atoms with E-state index in [9.17, 15) is 4.79 Å². The van der Waals surface area contributed by atoms with Crippen LogP contribution in [-0.2, 0) is 0 Å². The molecule has 0 unspecified atom stereocenters. The number of thiazole rings is 1. The fourth-order valence-corrected chi connectivity index (χ4v) is 2.82. The molecular weight excluding hydrogens is 256 g/mol. The number of benzene rings is 2. The van der Waals surface area contributed by atoms with E-state index in [2.05, 4.69) is 4.98 Å². The summed E-state index contributed by atoms with van der Waals surface area (Å²) in [6, 6.07) is 17.4. The van der Waals surface area contributed by atoms with Crippen molar-refractivity contribution in [1.82, 2.24) is 4.98 Å². The number of anilines is 1. The predicted molar refractivity (Wildman–Crippen MR) is 78.8 cm³/mol. The Morgan fingerprint density at radius 2 is 1.74 bits per heavy atom. The number of rotatable bonds is 2. The molecule has 0 bridgehead atoms. The van der Waals surface area contributed by atoms with Gasteiger partial charge in [-0.3, -0.25) is 4.79 Å². The Morgan fingerprint density at radius 1 is 1.05 bits per heavy atom. The molecule has 3 nitrogen and oxygen atoms in total. The first-order valence-electron chi connectivity index (χ1n) is 5.94. The van der Waals surface area contributed by atoms with Gasteiger partial charge in [-0.15, -0.1) is 11.3 Å². The van der Waals surface area contributed by atoms with Gasteiger partial charge in [0.2, 0.25) is 0 Å². The highest BCUT2D eigenvalue weighted by atomic mass is 32.1. The quantitative estimate of drug-likeness (QED) is 0.712. The summed E-state index contributed by atoms with van der Waals surface area (Å²) in [6.07, 6.45) is 0. The molecule has 0 spiro atoms. The van der Waals surface area contributed by atoms with Crippen LogP contribution in [0.2, 0.25) is 0 Å². The van der Waals surface area contributed by atoms with E-state index in [1.807, 2.05) is 54.6 Å². The van der Waals surface area contributed by atoms with Gasteiger partial charge >= 0.3 is 0 Å². The molecule has 0 saturated heterocycles. The fourth-order valence-electron chi connectivity index (χ4n) is 1.88. The van der Waals surface area contributed by atoms with E-state index < -0.39 is 0 Å². The molecule has 1 heterocycles. The van der Waals surface area contributed by atoms with Crippen molar-refractivity contribution in [2.75, 3.05) is 11.9 Å². The number of amides is 1. The molecule has 0 aliphatic rings. The molecule has 1 amide bonds. The smallest absolute Gasteiger partial charge is 0.287 e. The summed E-state index contributed by atoms with van der Waals surface area (Å²) < 4.78 is 1.03. The van der Waals surface area contributed by atoms with Crippen molar-refractivity contribution in [2.45, 2.75) is 0 Å². The maximum absolute atomic E-state index is 12.4. The van der Waals surface area contributed by atoms with Gasteiger partial charge in [-0.25, -0.2) is 4.98 Å². The molecule has 94 valence electrons. The first kappa shape index (κ1) is 11.9. The van der Waals surface area contributed by atoms with E-state index in [1.165, 1.54) is 11.3 Å². The van der Waals surface area contributed by atoms with Gasteiger partial charge in [-0.05, 0) is 24.3 Å². The Hall–Kier alpha value is -2.20. The van der Waals surface area contributed by atoms with Crippen LogP contribution in [0.15, 0.2) is 54.6 Å². The molecule has 4 heteroatoms. The molecule has 3 aromatic rings. The van der Waals surface area contributed by atoms with E-state index in [1.54, 1.807) is 11.9 Å². The Bertz CT molecular complexity index is 688. The average Bonchev–Trinajstić information content (AvgIpc) is 2.90. The summed E-state index contributed by atoms with van der Waals surface area (Å²) in [7, 11) is 1.77. The van der Waals surface area contributed by atoms with Crippen LogP contribution < -0.4 is 4.90 Å². The number of hydrogen-bond donors (Lipinski definition) is 0. The van der Waals surface area contributed by atoms with Gasteiger partial charge in [0.25, 0.3) is 5.91 Å². The van der Waals surface area contributed by atoms with E-state index >= 15 is 0 Å². The Kier molecular flexibility index (Phi) is 3.01. The van der Waals surface area contributed by atoms with Crippen molar-refractivity contribution in [3.8, 4) is 0 Å². The monoisotopic (exact) mass is 268 g/mol. The number of para-hydroxylation sites is 2. The highest BCUT2D eigenvalue weighted by molar-refractivity contribution is 7.20. The first-order chi connectivity index (χ1) is 9.25. The summed E-state index contributed by atoms with van der Waals surface area (Å²) in [4.78, 5) is 18.4. The highest BCUT2D eigenvalue weighted by Crippen LogP contribution is 2.24. The molecule has 0 aliphatic carbocycles. The van der Waals surface area contributed by atoms with E-state index in [4.69, 9.17) is 0 Å². The SMILES string of the molecule is CN(C(=O)c1nc2ccccc2s1)c1ccccc1. The molecule has 0 radical (unpaired) electrons. The lowest BCUT2D eigenvalue weighted by molar-refractivity contribution is 0.0993. The molecule has 3 rings (SSSR count). The van der Waals surface area contributed by atoms with Gasteiger partial charge in [0, 0.05) is 12.7 Å². The Balaban J connectivity index is 1.95. The van der Waals surface area contributed by atoms with Crippen LogP contribution in [0.25, 0.3) is 10.2 Å². The van der Waals surface area contributed by atoms with E-state index in [0.29, 0.717) is 5.01 Å². The Morgan fingerprint density at radius 3 is 2.47 bits per heavy atom. The number of nitrogens with zero attached hydrogens (tertiary/aromatic N) is 2. The van der Waals surface area contributed by atoms with Crippen molar-refractivity contribution in [3.63, 3.8) is 0 Å². The normalized spacial score (nSPS) is 10.6. The van der Waals surface area contributed by atoms with Gasteiger partial charge < -0.3 is 4.90 Å². The predicted octanol–water partition coefficient (Wildman–Crippen LogP) is 3.57. The zero-order chi connectivity index (χ0) is 13.2. The summed E-state index contributed by atoms with van der Waals surface area (Å²) in [5.41, 5.74) is 1.74. The number of carbonyl (C=O) groups is 1. The third kappa shape index (κ3) is 2.22. The maximum atomic E-state index is 12.4. The molecule has 1 aromatic heterocycles. The van der Waals surface area contributed by atoms with Crippen LogP contribution in [0.1, 0.15) is 9.80 Å². The van der Waals surface area contributed by atoms with Gasteiger partial charge in [0.1, 0.15) is 0 Å². The molecule has 0 fully saturated rings.